The number of aryl methyl sites for hydroxylation is 1. The summed E-state index contributed by atoms with van der Waals surface area (Å²) in [5.74, 6) is 0.666. The molecule has 0 aliphatic rings. The second kappa shape index (κ2) is 5.50. The van der Waals surface area contributed by atoms with Crippen molar-refractivity contribution in [1.82, 2.24) is 15.0 Å². The third-order valence-electron chi connectivity index (χ3n) is 2.53. The van der Waals surface area contributed by atoms with Gasteiger partial charge in [0.2, 0.25) is 0 Å². The molecule has 88 valence electrons. The average molecular weight is 229 g/mol. The molecule has 0 unspecified atom stereocenters. The number of pyridine rings is 1. The van der Waals surface area contributed by atoms with Crippen molar-refractivity contribution >= 4 is 0 Å². The van der Waals surface area contributed by atoms with Crippen LogP contribution < -0.4 is 0 Å². The van der Waals surface area contributed by atoms with Crippen molar-refractivity contribution in [3.63, 3.8) is 0 Å². The van der Waals surface area contributed by atoms with E-state index in [0.717, 1.165) is 29.7 Å². The van der Waals surface area contributed by atoms with Crippen LogP contribution >= 0.6 is 0 Å². The van der Waals surface area contributed by atoms with Crippen molar-refractivity contribution in [2.75, 3.05) is 0 Å². The van der Waals surface area contributed by atoms with E-state index in [1.807, 2.05) is 12.1 Å². The molecule has 1 N–H and O–H groups in total. The Balaban J connectivity index is 2.40. The SMILES string of the molecule is CCCc1nc(-c2cccnc2)ncc1CO. The average Bonchev–Trinajstić information content (AvgIpc) is 2.40. The summed E-state index contributed by atoms with van der Waals surface area (Å²) in [7, 11) is 0. The number of aromatic nitrogens is 3. The Morgan fingerprint density at radius 3 is 2.82 bits per heavy atom. The number of nitrogens with zero attached hydrogens (tertiary/aromatic N) is 3. The standard InChI is InChI=1S/C13H15N3O/c1-2-4-12-11(9-17)8-15-13(16-12)10-5-3-6-14-7-10/h3,5-8,17H,2,4,9H2,1H3. The van der Waals surface area contributed by atoms with Crippen molar-refractivity contribution in [2.45, 2.75) is 26.4 Å². The molecule has 0 amide bonds. The molecule has 2 aromatic heterocycles. The van der Waals surface area contributed by atoms with E-state index in [0.29, 0.717) is 5.82 Å². The molecule has 2 aromatic rings. The highest BCUT2D eigenvalue weighted by atomic mass is 16.3. The lowest BCUT2D eigenvalue weighted by Crippen LogP contribution is -2.02. The molecule has 4 nitrogen and oxygen atoms in total. The number of hydrogen-bond donors (Lipinski definition) is 1. The Morgan fingerprint density at radius 2 is 2.18 bits per heavy atom. The smallest absolute Gasteiger partial charge is 0.160 e. The number of aliphatic hydroxyl groups excluding tert-OH is 1. The number of rotatable bonds is 4. The van der Waals surface area contributed by atoms with Gasteiger partial charge in [0.25, 0.3) is 0 Å². The molecule has 0 radical (unpaired) electrons. The highest BCUT2D eigenvalue weighted by Gasteiger charge is 2.07. The quantitative estimate of drug-likeness (QED) is 0.871. The highest BCUT2D eigenvalue weighted by Crippen LogP contribution is 2.16. The van der Waals surface area contributed by atoms with Gasteiger partial charge in [-0.25, -0.2) is 9.97 Å². The lowest BCUT2D eigenvalue weighted by molar-refractivity contribution is 0.279. The zero-order valence-corrected chi connectivity index (χ0v) is 9.80. The van der Waals surface area contributed by atoms with Gasteiger partial charge in [0.05, 0.1) is 6.61 Å². The van der Waals surface area contributed by atoms with Gasteiger partial charge in [-0.15, -0.1) is 0 Å². The highest BCUT2D eigenvalue weighted by molar-refractivity contribution is 5.53. The largest absolute Gasteiger partial charge is 0.392 e. The van der Waals surface area contributed by atoms with Gasteiger partial charge in [-0.05, 0) is 18.6 Å². The van der Waals surface area contributed by atoms with E-state index in [2.05, 4.69) is 21.9 Å². The molecule has 0 aliphatic carbocycles. The Hall–Kier alpha value is -1.81. The molecule has 0 saturated carbocycles. The molecule has 0 bridgehead atoms. The van der Waals surface area contributed by atoms with E-state index in [4.69, 9.17) is 0 Å². The maximum atomic E-state index is 9.21. The minimum atomic E-state index is -0.0113. The summed E-state index contributed by atoms with van der Waals surface area (Å²) in [5.41, 5.74) is 2.62. The maximum absolute atomic E-state index is 9.21. The Labute approximate surface area is 100 Å². The first-order valence-electron chi connectivity index (χ1n) is 5.71. The lowest BCUT2D eigenvalue weighted by atomic mass is 10.1. The molecule has 0 aliphatic heterocycles. The summed E-state index contributed by atoms with van der Waals surface area (Å²) in [6, 6.07) is 3.79. The van der Waals surface area contributed by atoms with Gasteiger partial charge in [0, 0.05) is 35.4 Å². The van der Waals surface area contributed by atoms with Gasteiger partial charge >= 0.3 is 0 Å². The zero-order chi connectivity index (χ0) is 12.1. The summed E-state index contributed by atoms with van der Waals surface area (Å²) in [5, 5.41) is 9.21. The van der Waals surface area contributed by atoms with Gasteiger partial charge < -0.3 is 5.11 Å². The zero-order valence-electron chi connectivity index (χ0n) is 9.80. The summed E-state index contributed by atoms with van der Waals surface area (Å²) in [4.78, 5) is 12.8. The van der Waals surface area contributed by atoms with Crippen LogP contribution in [-0.4, -0.2) is 20.1 Å². The maximum Gasteiger partial charge on any atom is 0.160 e. The second-order valence-electron chi connectivity index (χ2n) is 3.82. The first kappa shape index (κ1) is 11.7. The van der Waals surface area contributed by atoms with E-state index < -0.39 is 0 Å². The summed E-state index contributed by atoms with van der Waals surface area (Å²) < 4.78 is 0. The van der Waals surface area contributed by atoms with Crippen LogP contribution in [0.4, 0.5) is 0 Å². The van der Waals surface area contributed by atoms with Gasteiger partial charge in [-0.3, -0.25) is 4.98 Å². The van der Waals surface area contributed by atoms with Crippen molar-refractivity contribution in [3.8, 4) is 11.4 Å². The monoisotopic (exact) mass is 229 g/mol. The fourth-order valence-electron chi connectivity index (χ4n) is 1.66. The van der Waals surface area contributed by atoms with Gasteiger partial charge in [0.15, 0.2) is 5.82 Å². The normalized spacial score (nSPS) is 10.5. The minimum absolute atomic E-state index is 0.0113. The van der Waals surface area contributed by atoms with Gasteiger partial charge in [-0.1, -0.05) is 13.3 Å². The predicted octanol–water partition coefficient (Wildman–Crippen LogP) is 1.98. The summed E-state index contributed by atoms with van der Waals surface area (Å²) >= 11 is 0. The molecule has 4 heteroatoms. The van der Waals surface area contributed by atoms with E-state index in [9.17, 15) is 5.11 Å². The fourth-order valence-corrected chi connectivity index (χ4v) is 1.66. The first-order valence-corrected chi connectivity index (χ1v) is 5.71. The first-order chi connectivity index (χ1) is 8.35. The van der Waals surface area contributed by atoms with E-state index in [1.54, 1.807) is 18.6 Å². The molecule has 0 spiro atoms. The van der Waals surface area contributed by atoms with Crippen LogP contribution in [0.1, 0.15) is 24.6 Å². The molecule has 2 heterocycles. The van der Waals surface area contributed by atoms with Crippen LogP contribution in [0.25, 0.3) is 11.4 Å². The third kappa shape index (κ3) is 2.65. The van der Waals surface area contributed by atoms with Crippen molar-refractivity contribution < 1.29 is 5.11 Å². The van der Waals surface area contributed by atoms with Crippen LogP contribution in [0.15, 0.2) is 30.7 Å². The Bertz CT molecular complexity index is 485. The van der Waals surface area contributed by atoms with Crippen LogP contribution in [0, 0.1) is 0 Å². The molecule has 0 fully saturated rings. The molecule has 17 heavy (non-hydrogen) atoms. The molecular formula is C13H15N3O. The fraction of sp³-hybridized carbons (Fsp3) is 0.308. The van der Waals surface area contributed by atoms with Crippen LogP contribution in [-0.2, 0) is 13.0 Å². The molecule has 2 rings (SSSR count). The van der Waals surface area contributed by atoms with E-state index in [1.165, 1.54) is 0 Å². The second-order valence-corrected chi connectivity index (χ2v) is 3.82. The van der Waals surface area contributed by atoms with E-state index in [-0.39, 0.29) is 6.61 Å². The van der Waals surface area contributed by atoms with Gasteiger partial charge in [0.1, 0.15) is 0 Å². The number of hydrogen-bond acceptors (Lipinski definition) is 4. The van der Waals surface area contributed by atoms with Crippen molar-refractivity contribution in [3.05, 3.63) is 42.0 Å². The topological polar surface area (TPSA) is 58.9 Å². The predicted molar refractivity (Wildman–Crippen MR) is 65.2 cm³/mol. The Morgan fingerprint density at radius 1 is 1.29 bits per heavy atom. The van der Waals surface area contributed by atoms with Crippen molar-refractivity contribution in [2.24, 2.45) is 0 Å². The molecule has 0 saturated heterocycles. The van der Waals surface area contributed by atoms with Crippen LogP contribution in [0.5, 0.6) is 0 Å². The van der Waals surface area contributed by atoms with Crippen molar-refractivity contribution in [1.29, 1.82) is 0 Å². The number of aliphatic hydroxyl groups is 1. The molecule has 0 atom stereocenters. The molecule has 0 aromatic carbocycles. The van der Waals surface area contributed by atoms with Crippen LogP contribution in [0.2, 0.25) is 0 Å². The lowest BCUT2D eigenvalue weighted by Gasteiger charge is -2.07. The summed E-state index contributed by atoms with van der Waals surface area (Å²) in [6.45, 7) is 2.08. The van der Waals surface area contributed by atoms with E-state index >= 15 is 0 Å². The van der Waals surface area contributed by atoms with Crippen LogP contribution in [0.3, 0.4) is 0 Å². The Kier molecular flexibility index (Phi) is 3.77. The molecular weight excluding hydrogens is 214 g/mol. The third-order valence-corrected chi connectivity index (χ3v) is 2.53. The summed E-state index contributed by atoms with van der Waals surface area (Å²) in [6.07, 6.45) is 7.00. The minimum Gasteiger partial charge on any atom is -0.392 e. The van der Waals surface area contributed by atoms with Gasteiger partial charge in [-0.2, -0.15) is 0 Å².